The van der Waals surface area contributed by atoms with Gasteiger partial charge in [-0.25, -0.2) is 0 Å². The summed E-state index contributed by atoms with van der Waals surface area (Å²) in [5.74, 6) is 3.18. The van der Waals surface area contributed by atoms with Crippen molar-refractivity contribution in [3.8, 4) is 0 Å². The van der Waals surface area contributed by atoms with Crippen molar-refractivity contribution in [3.05, 3.63) is 0 Å². The van der Waals surface area contributed by atoms with Gasteiger partial charge in [0.1, 0.15) is 0 Å². The predicted molar refractivity (Wildman–Crippen MR) is 113 cm³/mol. The summed E-state index contributed by atoms with van der Waals surface area (Å²) < 4.78 is 0. The van der Waals surface area contributed by atoms with E-state index in [0.29, 0.717) is 5.41 Å². The zero-order valence-corrected chi connectivity index (χ0v) is 18.1. The number of hydrogen-bond acceptors (Lipinski definition) is 3. The number of fused-ring (bicyclic) bond motifs is 5. The molecule has 0 bridgehead atoms. The van der Waals surface area contributed by atoms with E-state index in [1.807, 2.05) is 0 Å². The van der Waals surface area contributed by atoms with E-state index in [9.17, 15) is 10.2 Å². The van der Waals surface area contributed by atoms with E-state index in [1.165, 1.54) is 83.8 Å². The van der Waals surface area contributed by atoms with Gasteiger partial charge in [-0.05, 0) is 126 Å². The number of nitrogens with zero attached hydrogens (tertiary/aromatic N) is 1. The molecule has 0 spiro atoms. The Balaban J connectivity index is 1.34. The summed E-state index contributed by atoms with van der Waals surface area (Å²) in [5, 5.41) is 21.4. The molecule has 1 saturated heterocycles. The number of likely N-dealkylation sites (tertiary alicyclic amines) is 1. The van der Waals surface area contributed by atoms with Crippen LogP contribution in [0.1, 0.15) is 90.4 Å². The van der Waals surface area contributed by atoms with Crippen LogP contribution in [-0.2, 0) is 0 Å². The zero-order valence-electron chi connectivity index (χ0n) is 18.1. The normalized spacial score (nSPS) is 52.0. The summed E-state index contributed by atoms with van der Waals surface area (Å²) >= 11 is 0. The molecule has 0 radical (unpaired) electrons. The molecule has 8 atom stereocenters. The van der Waals surface area contributed by atoms with Crippen LogP contribution in [0.2, 0.25) is 0 Å². The highest BCUT2D eigenvalue weighted by Gasteiger charge is 2.61. The van der Waals surface area contributed by atoms with Crippen molar-refractivity contribution in [2.45, 2.75) is 103 Å². The summed E-state index contributed by atoms with van der Waals surface area (Å²) in [6.07, 6.45) is 16.2. The second-order valence-electron chi connectivity index (χ2n) is 11.6. The Hall–Kier alpha value is -0.120. The van der Waals surface area contributed by atoms with Crippen molar-refractivity contribution in [2.75, 3.05) is 19.6 Å². The van der Waals surface area contributed by atoms with Gasteiger partial charge in [0.15, 0.2) is 0 Å². The van der Waals surface area contributed by atoms with E-state index >= 15 is 0 Å². The van der Waals surface area contributed by atoms with Gasteiger partial charge in [-0.1, -0.05) is 13.3 Å². The van der Waals surface area contributed by atoms with Gasteiger partial charge >= 0.3 is 0 Å². The van der Waals surface area contributed by atoms with Gasteiger partial charge in [-0.3, -0.25) is 0 Å². The molecule has 5 rings (SSSR count). The van der Waals surface area contributed by atoms with Crippen LogP contribution in [0, 0.1) is 34.5 Å². The van der Waals surface area contributed by atoms with E-state index in [-0.39, 0.29) is 17.6 Å². The van der Waals surface area contributed by atoms with Crippen molar-refractivity contribution in [3.63, 3.8) is 0 Å². The maximum Gasteiger partial charge on any atom is 0.0599 e. The largest absolute Gasteiger partial charge is 0.393 e. The van der Waals surface area contributed by atoms with Crippen molar-refractivity contribution in [1.29, 1.82) is 0 Å². The maximum absolute atomic E-state index is 11.2. The Morgan fingerprint density at radius 1 is 0.857 bits per heavy atom. The van der Waals surface area contributed by atoms with Gasteiger partial charge in [-0.2, -0.15) is 0 Å². The quantitative estimate of drug-likeness (QED) is 0.741. The summed E-state index contributed by atoms with van der Waals surface area (Å²) in [7, 11) is 0. The van der Waals surface area contributed by atoms with Crippen molar-refractivity contribution in [1.82, 2.24) is 4.90 Å². The Kier molecular flexibility index (Phi) is 5.33. The lowest BCUT2D eigenvalue weighted by molar-refractivity contribution is -0.141. The molecular formula is C25H43NO2. The maximum atomic E-state index is 11.2. The Morgan fingerprint density at radius 3 is 2.50 bits per heavy atom. The first kappa shape index (κ1) is 19.8. The van der Waals surface area contributed by atoms with E-state index in [2.05, 4.69) is 11.8 Å². The fourth-order valence-corrected chi connectivity index (χ4v) is 9.04. The molecule has 28 heavy (non-hydrogen) atoms. The minimum absolute atomic E-state index is 0.0462. The van der Waals surface area contributed by atoms with Crippen LogP contribution >= 0.6 is 0 Å². The van der Waals surface area contributed by atoms with Crippen molar-refractivity contribution in [2.24, 2.45) is 34.5 Å². The Bertz CT molecular complexity index is 561. The minimum atomic E-state index is -0.0538. The third-order valence-electron chi connectivity index (χ3n) is 10.7. The summed E-state index contributed by atoms with van der Waals surface area (Å²) in [6.45, 7) is 6.36. The zero-order chi connectivity index (χ0) is 19.4. The molecule has 0 aromatic heterocycles. The van der Waals surface area contributed by atoms with Crippen molar-refractivity contribution < 1.29 is 10.2 Å². The monoisotopic (exact) mass is 389 g/mol. The first-order valence-electron chi connectivity index (χ1n) is 12.6. The molecule has 4 aliphatic carbocycles. The van der Waals surface area contributed by atoms with Gasteiger partial charge < -0.3 is 15.1 Å². The van der Waals surface area contributed by atoms with Crippen LogP contribution in [0.4, 0.5) is 0 Å². The van der Waals surface area contributed by atoms with Crippen LogP contribution in [-0.4, -0.2) is 47.0 Å². The predicted octanol–water partition coefficient (Wildman–Crippen LogP) is 4.61. The van der Waals surface area contributed by atoms with Crippen molar-refractivity contribution >= 4 is 0 Å². The van der Waals surface area contributed by atoms with Gasteiger partial charge in [0, 0.05) is 5.41 Å². The second-order valence-corrected chi connectivity index (χ2v) is 11.6. The van der Waals surface area contributed by atoms with E-state index < -0.39 is 0 Å². The van der Waals surface area contributed by atoms with Crippen LogP contribution in [0.3, 0.4) is 0 Å². The fraction of sp³-hybridized carbons (Fsp3) is 1.00. The Labute approximate surface area is 172 Å². The number of rotatable bonds is 3. The van der Waals surface area contributed by atoms with Crippen LogP contribution in [0.15, 0.2) is 0 Å². The lowest BCUT2D eigenvalue weighted by Gasteiger charge is -2.61. The first-order chi connectivity index (χ1) is 13.5. The molecule has 160 valence electrons. The molecule has 1 unspecified atom stereocenters. The molecular weight excluding hydrogens is 346 g/mol. The lowest BCUT2D eigenvalue weighted by atomic mass is 9.44. The first-order valence-corrected chi connectivity index (χ1v) is 12.6. The van der Waals surface area contributed by atoms with E-state index in [0.717, 1.165) is 42.9 Å². The molecule has 4 saturated carbocycles. The summed E-state index contributed by atoms with van der Waals surface area (Å²) in [4.78, 5) is 2.69. The molecule has 5 fully saturated rings. The Morgan fingerprint density at radius 2 is 1.68 bits per heavy atom. The van der Waals surface area contributed by atoms with Gasteiger partial charge in [0.05, 0.1) is 12.2 Å². The highest BCUT2D eigenvalue weighted by molar-refractivity contribution is 5.10. The fourth-order valence-electron chi connectivity index (χ4n) is 9.04. The van der Waals surface area contributed by atoms with E-state index in [4.69, 9.17) is 0 Å². The molecule has 3 heteroatoms. The highest BCUT2D eigenvalue weighted by Crippen LogP contribution is 2.67. The lowest BCUT2D eigenvalue weighted by Crippen LogP contribution is -2.55. The highest BCUT2D eigenvalue weighted by atomic mass is 16.3. The number of piperidine rings is 1. The van der Waals surface area contributed by atoms with Gasteiger partial charge in [0.2, 0.25) is 0 Å². The summed E-state index contributed by atoms with van der Waals surface area (Å²) in [6, 6.07) is 0. The third-order valence-corrected chi connectivity index (χ3v) is 10.7. The number of hydrogen-bond donors (Lipinski definition) is 2. The SMILES string of the molecule is C[C@]12CCC(O)C[C@@H]1CC[C@@H]1[C@@H]2CC[C@]2(CCN3CCCCC3)[C@@H](O)CC[C@@H]12. The molecule has 0 aromatic carbocycles. The average Bonchev–Trinajstić information content (AvgIpc) is 3.05. The van der Waals surface area contributed by atoms with Crippen LogP contribution in [0.5, 0.6) is 0 Å². The standard InChI is InChI=1S/C25H43NO2/c1-24-11-9-19(27)17-18(24)5-6-20-21(24)10-12-25(22(20)7-8-23(25)28)13-16-26-14-3-2-4-15-26/h18-23,27-28H,2-17H2,1H3/t18-,19?,20+,21-,22-,23-,24-,25+/m0/s1. The molecule has 3 nitrogen and oxygen atoms in total. The number of aliphatic hydroxyl groups excluding tert-OH is 2. The topological polar surface area (TPSA) is 43.7 Å². The van der Waals surface area contributed by atoms with Crippen LogP contribution < -0.4 is 0 Å². The minimum Gasteiger partial charge on any atom is -0.393 e. The average molecular weight is 390 g/mol. The van der Waals surface area contributed by atoms with Gasteiger partial charge in [0.25, 0.3) is 0 Å². The summed E-state index contributed by atoms with van der Waals surface area (Å²) in [5.41, 5.74) is 0.671. The number of aliphatic hydroxyl groups is 2. The van der Waals surface area contributed by atoms with Gasteiger partial charge in [-0.15, -0.1) is 0 Å². The van der Waals surface area contributed by atoms with Crippen LogP contribution in [0.25, 0.3) is 0 Å². The molecule has 2 N–H and O–H groups in total. The molecule has 1 aliphatic heterocycles. The molecule has 1 heterocycles. The molecule has 5 aliphatic rings. The smallest absolute Gasteiger partial charge is 0.0599 e. The third kappa shape index (κ3) is 3.10. The van der Waals surface area contributed by atoms with E-state index in [1.54, 1.807) is 0 Å². The molecule has 0 amide bonds. The molecule has 0 aromatic rings. The second kappa shape index (κ2) is 7.54.